The van der Waals surface area contributed by atoms with Crippen molar-refractivity contribution in [1.82, 2.24) is 19.9 Å². The fourth-order valence-electron chi connectivity index (χ4n) is 4.50. The molecule has 0 radical (unpaired) electrons. The molecule has 3 aromatic carbocycles. The van der Waals surface area contributed by atoms with Crippen LogP contribution in [0.5, 0.6) is 0 Å². The van der Waals surface area contributed by atoms with Gasteiger partial charge in [0.25, 0.3) is 0 Å². The summed E-state index contributed by atoms with van der Waals surface area (Å²) in [7, 11) is -4.41. The number of piperazine rings is 1. The minimum Gasteiger partial charge on any atom is -0.441 e. The van der Waals surface area contributed by atoms with Crippen molar-refractivity contribution in [3.8, 4) is 0 Å². The standard InChI is InChI=1S/C27H25FN4O5S/c28-19-10-4-7-13-24(19)38(35,36)31-21(16-18-8-2-1-3-9-18)27(34)32-15-14-29-26(33)22(32)17-25-30-20-11-5-6-12-23(20)37-25/h1-13,21-22,31H,14-17H2,(H,29,33)/t21-,22?/m0/s1. The third-order valence-corrected chi connectivity index (χ3v) is 7.83. The lowest BCUT2D eigenvalue weighted by atomic mass is 10.0. The van der Waals surface area contributed by atoms with Crippen LogP contribution in [0.2, 0.25) is 0 Å². The number of amides is 2. The SMILES string of the molecule is O=C1NCCN(C(=O)[C@H](Cc2ccccc2)NS(=O)(=O)c2ccccc2F)C1Cc1nc2ccccc2o1. The molecule has 196 valence electrons. The molecule has 0 bridgehead atoms. The lowest BCUT2D eigenvalue weighted by Gasteiger charge is -2.36. The van der Waals surface area contributed by atoms with Gasteiger partial charge in [0, 0.05) is 13.1 Å². The van der Waals surface area contributed by atoms with E-state index < -0.39 is 44.6 Å². The number of halogens is 1. The Morgan fingerprint density at radius 2 is 1.79 bits per heavy atom. The first-order chi connectivity index (χ1) is 18.3. The van der Waals surface area contributed by atoms with Gasteiger partial charge in [-0.05, 0) is 36.2 Å². The Kier molecular flexibility index (Phi) is 7.21. The molecule has 9 nitrogen and oxygen atoms in total. The third-order valence-electron chi connectivity index (χ3n) is 6.32. The van der Waals surface area contributed by atoms with Gasteiger partial charge in [-0.15, -0.1) is 0 Å². The highest BCUT2D eigenvalue weighted by Crippen LogP contribution is 2.21. The molecule has 38 heavy (non-hydrogen) atoms. The van der Waals surface area contributed by atoms with E-state index in [2.05, 4.69) is 15.0 Å². The number of carbonyl (C=O) groups excluding carboxylic acids is 2. The third kappa shape index (κ3) is 5.43. The Bertz CT molecular complexity index is 1540. The number of hydrogen-bond donors (Lipinski definition) is 2. The summed E-state index contributed by atoms with van der Waals surface area (Å²) in [4.78, 5) is 32.0. The lowest BCUT2D eigenvalue weighted by Crippen LogP contribution is -2.62. The maximum Gasteiger partial charge on any atom is 0.244 e. The molecule has 4 aromatic rings. The van der Waals surface area contributed by atoms with E-state index >= 15 is 0 Å². The largest absolute Gasteiger partial charge is 0.441 e. The smallest absolute Gasteiger partial charge is 0.244 e. The number of sulfonamides is 1. The molecule has 1 aromatic heterocycles. The van der Waals surface area contributed by atoms with Crippen LogP contribution in [0.25, 0.3) is 11.1 Å². The predicted octanol–water partition coefficient (Wildman–Crippen LogP) is 2.43. The normalized spacial score (nSPS) is 16.8. The fraction of sp³-hybridized carbons (Fsp3) is 0.222. The molecule has 1 aliphatic rings. The molecule has 0 spiro atoms. The number of carbonyl (C=O) groups is 2. The first-order valence-corrected chi connectivity index (χ1v) is 13.5. The molecule has 1 unspecified atom stereocenters. The molecule has 2 atom stereocenters. The van der Waals surface area contributed by atoms with E-state index in [0.717, 1.165) is 12.1 Å². The molecule has 0 saturated carbocycles. The molecule has 1 fully saturated rings. The first kappa shape index (κ1) is 25.6. The van der Waals surface area contributed by atoms with Crippen molar-refractivity contribution in [2.75, 3.05) is 13.1 Å². The first-order valence-electron chi connectivity index (χ1n) is 12.1. The van der Waals surface area contributed by atoms with Crippen LogP contribution in [0, 0.1) is 5.82 Å². The van der Waals surface area contributed by atoms with Gasteiger partial charge in [0.2, 0.25) is 21.8 Å². The van der Waals surface area contributed by atoms with Crippen LogP contribution >= 0.6 is 0 Å². The minimum absolute atomic E-state index is 0.00107. The number of rotatable bonds is 8. The fourth-order valence-corrected chi connectivity index (χ4v) is 5.77. The highest BCUT2D eigenvalue weighted by Gasteiger charge is 2.39. The Morgan fingerprint density at radius 3 is 2.55 bits per heavy atom. The van der Waals surface area contributed by atoms with E-state index in [0.29, 0.717) is 16.7 Å². The van der Waals surface area contributed by atoms with Gasteiger partial charge < -0.3 is 14.6 Å². The van der Waals surface area contributed by atoms with Crippen LogP contribution < -0.4 is 10.0 Å². The van der Waals surface area contributed by atoms with E-state index in [4.69, 9.17) is 4.42 Å². The Labute approximate surface area is 218 Å². The summed E-state index contributed by atoms with van der Waals surface area (Å²) in [6.07, 6.45) is 0.00541. The van der Waals surface area contributed by atoms with Crippen molar-refractivity contribution in [1.29, 1.82) is 0 Å². The Morgan fingerprint density at radius 1 is 1.08 bits per heavy atom. The molecule has 1 aliphatic heterocycles. The molecular weight excluding hydrogens is 511 g/mol. The van der Waals surface area contributed by atoms with Crippen LogP contribution in [-0.4, -0.2) is 55.3 Å². The van der Waals surface area contributed by atoms with Crippen molar-refractivity contribution in [2.45, 2.75) is 29.8 Å². The summed E-state index contributed by atoms with van der Waals surface area (Å²) in [5.74, 6) is -1.67. The number of nitrogens with zero attached hydrogens (tertiary/aromatic N) is 2. The number of para-hydroxylation sites is 2. The van der Waals surface area contributed by atoms with Crippen molar-refractivity contribution >= 4 is 32.9 Å². The van der Waals surface area contributed by atoms with E-state index in [9.17, 15) is 22.4 Å². The summed E-state index contributed by atoms with van der Waals surface area (Å²) in [6.45, 7) is 0.356. The number of aromatic nitrogens is 1. The second-order valence-corrected chi connectivity index (χ2v) is 10.6. The molecule has 1 saturated heterocycles. The summed E-state index contributed by atoms with van der Waals surface area (Å²) >= 11 is 0. The van der Waals surface area contributed by atoms with Crippen molar-refractivity contribution in [2.24, 2.45) is 0 Å². The highest BCUT2D eigenvalue weighted by atomic mass is 32.2. The molecule has 2 N–H and O–H groups in total. The minimum atomic E-state index is -4.41. The molecule has 5 rings (SSSR count). The number of fused-ring (bicyclic) bond motifs is 1. The second-order valence-electron chi connectivity index (χ2n) is 8.91. The zero-order chi connectivity index (χ0) is 26.7. The topological polar surface area (TPSA) is 122 Å². The van der Waals surface area contributed by atoms with Gasteiger partial charge in [-0.3, -0.25) is 9.59 Å². The number of oxazole rings is 1. The van der Waals surface area contributed by atoms with Crippen LogP contribution in [0.3, 0.4) is 0 Å². The average molecular weight is 537 g/mol. The summed E-state index contributed by atoms with van der Waals surface area (Å²) in [5.41, 5.74) is 1.87. The summed E-state index contributed by atoms with van der Waals surface area (Å²) < 4.78 is 48.8. The molecule has 2 amide bonds. The van der Waals surface area contributed by atoms with Crippen molar-refractivity contribution in [3.05, 3.63) is 96.1 Å². The Balaban J connectivity index is 1.45. The van der Waals surface area contributed by atoms with Gasteiger partial charge in [-0.25, -0.2) is 17.8 Å². The lowest BCUT2D eigenvalue weighted by molar-refractivity contribution is -0.144. The summed E-state index contributed by atoms with van der Waals surface area (Å²) in [6, 6.07) is 18.7. The van der Waals surface area contributed by atoms with Crippen molar-refractivity contribution in [3.63, 3.8) is 0 Å². The maximum absolute atomic E-state index is 14.4. The summed E-state index contributed by atoms with van der Waals surface area (Å²) in [5, 5.41) is 2.75. The number of benzene rings is 3. The molecule has 0 aliphatic carbocycles. The van der Waals surface area contributed by atoms with Gasteiger partial charge in [-0.1, -0.05) is 54.6 Å². The van der Waals surface area contributed by atoms with Crippen LogP contribution in [0.1, 0.15) is 11.5 Å². The van der Waals surface area contributed by atoms with Gasteiger partial charge >= 0.3 is 0 Å². The van der Waals surface area contributed by atoms with Gasteiger partial charge in [0.1, 0.15) is 28.3 Å². The van der Waals surface area contributed by atoms with Gasteiger partial charge in [0.15, 0.2) is 11.5 Å². The molecule has 2 heterocycles. The van der Waals surface area contributed by atoms with E-state index in [-0.39, 0.29) is 31.8 Å². The monoisotopic (exact) mass is 536 g/mol. The van der Waals surface area contributed by atoms with Crippen molar-refractivity contribution < 1.29 is 26.8 Å². The van der Waals surface area contributed by atoms with Crippen LogP contribution in [0.4, 0.5) is 4.39 Å². The number of nitrogens with one attached hydrogen (secondary N) is 2. The van der Waals surface area contributed by atoms with Crippen LogP contribution in [-0.2, 0) is 32.5 Å². The second kappa shape index (κ2) is 10.7. The van der Waals surface area contributed by atoms with E-state index in [1.165, 1.54) is 17.0 Å². The molecule has 11 heteroatoms. The Hall–Kier alpha value is -4.09. The average Bonchev–Trinajstić information content (AvgIpc) is 3.32. The van der Waals surface area contributed by atoms with E-state index in [1.807, 2.05) is 6.07 Å². The predicted molar refractivity (Wildman–Crippen MR) is 137 cm³/mol. The van der Waals surface area contributed by atoms with Gasteiger partial charge in [-0.2, -0.15) is 4.72 Å². The number of hydrogen-bond acceptors (Lipinski definition) is 6. The zero-order valence-electron chi connectivity index (χ0n) is 20.2. The highest BCUT2D eigenvalue weighted by molar-refractivity contribution is 7.89. The molecular formula is C27H25FN4O5S. The zero-order valence-corrected chi connectivity index (χ0v) is 21.0. The maximum atomic E-state index is 14.4. The quantitative estimate of drug-likeness (QED) is 0.357. The van der Waals surface area contributed by atoms with E-state index in [1.54, 1.807) is 48.5 Å². The van der Waals surface area contributed by atoms with Gasteiger partial charge in [0.05, 0.1) is 6.42 Å². The van der Waals surface area contributed by atoms with Crippen LogP contribution in [0.15, 0.2) is 88.2 Å².